The standard InChI is InChI=1S/C14H17N3O4S/c1-9(14(19)16-10-2-7-13(18)15-8-10)22-12-5-3-11(4-6-12)17(20)21/h3-6,9-10H,2,7-8H2,1H3,(H,15,18)(H,16,19). The average Bonchev–Trinajstić information content (AvgIpc) is 2.50. The highest BCUT2D eigenvalue weighted by Crippen LogP contribution is 2.25. The van der Waals surface area contributed by atoms with Crippen LogP contribution in [0.5, 0.6) is 0 Å². The average molecular weight is 323 g/mol. The first-order chi connectivity index (χ1) is 10.5. The second-order valence-corrected chi connectivity index (χ2v) is 6.47. The Kier molecular flexibility index (Phi) is 5.37. The zero-order valence-corrected chi connectivity index (χ0v) is 12.9. The number of carbonyl (C=O) groups is 2. The van der Waals surface area contributed by atoms with Crippen LogP contribution in [-0.2, 0) is 9.59 Å². The lowest BCUT2D eigenvalue weighted by Gasteiger charge is -2.24. The molecule has 2 unspecified atom stereocenters. The van der Waals surface area contributed by atoms with Crippen LogP contribution in [0, 0.1) is 10.1 Å². The molecule has 1 fully saturated rings. The monoisotopic (exact) mass is 323 g/mol. The molecule has 0 radical (unpaired) electrons. The van der Waals surface area contributed by atoms with Crippen molar-refractivity contribution >= 4 is 29.3 Å². The van der Waals surface area contributed by atoms with Gasteiger partial charge in [0.15, 0.2) is 0 Å². The number of nitro groups is 1. The first-order valence-electron chi connectivity index (χ1n) is 6.94. The van der Waals surface area contributed by atoms with Gasteiger partial charge in [-0.3, -0.25) is 19.7 Å². The third-order valence-corrected chi connectivity index (χ3v) is 4.45. The predicted molar refractivity (Wildman–Crippen MR) is 82.6 cm³/mol. The molecule has 2 amide bonds. The molecule has 7 nitrogen and oxygen atoms in total. The van der Waals surface area contributed by atoms with Gasteiger partial charge in [0, 0.05) is 36.0 Å². The van der Waals surface area contributed by atoms with E-state index < -0.39 is 4.92 Å². The highest BCUT2D eigenvalue weighted by Gasteiger charge is 2.22. The largest absolute Gasteiger partial charge is 0.354 e. The number of nitrogens with one attached hydrogen (secondary N) is 2. The molecule has 1 aliphatic heterocycles. The van der Waals surface area contributed by atoms with Gasteiger partial charge in [-0.1, -0.05) is 0 Å². The Hall–Kier alpha value is -2.09. The van der Waals surface area contributed by atoms with Crippen molar-refractivity contribution < 1.29 is 14.5 Å². The third-order valence-electron chi connectivity index (χ3n) is 3.34. The number of rotatable bonds is 5. The first kappa shape index (κ1) is 16.3. The van der Waals surface area contributed by atoms with Gasteiger partial charge < -0.3 is 10.6 Å². The summed E-state index contributed by atoms with van der Waals surface area (Å²) < 4.78 is 0. The highest BCUT2D eigenvalue weighted by atomic mass is 32.2. The molecule has 2 rings (SSSR count). The van der Waals surface area contributed by atoms with Crippen molar-refractivity contribution in [2.24, 2.45) is 0 Å². The van der Waals surface area contributed by atoms with Crippen molar-refractivity contribution in [1.82, 2.24) is 10.6 Å². The van der Waals surface area contributed by atoms with Crippen molar-refractivity contribution in [2.75, 3.05) is 6.54 Å². The zero-order valence-electron chi connectivity index (χ0n) is 12.1. The van der Waals surface area contributed by atoms with Crippen LogP contribution in [0.15, 0.2) is 29.2 Å². The van der Waals surface area contributed by atoms with Gasteiger partial charge in [-0.2, -0.15) is 0 Å². The lowest BCUT2D eigenvalue weighted by molar-refractivity contribution is -0.384. The van der Waals surface area contributed by atoms with Crippen LogP contribution in [0.1, 0.15) is 19.8 Å². The van der Waals surface area contributed by atoms with E-state index in [2.05, 4.69) is 10.6 Å². The number of piperidine rings is 1. The van der Waals surface area contributed by atoms with Crippen LogP contribution < -0.4 is 10.6 Å². The highest BCUT2D eigenvalue weighted by molar-refractivity contribution is 8.00. The SMILES string of the molecule is CC(Sc1ccc([N+](=O)[O-])cc1)C(=O)NC1CCC(=O)NC1. The van der Waals surface area contributed by atoms with E-state index in [1.54, 1.807) is 19.1 Å². The summed E-state index contributed by atoms with van der Waals surface area (Å²) in [5.41, 5.74) is 0.0272. The van der Waals surface area contributed by atoms with Crippen molar-refractivity contribution in [1.29, 1.82) is 0 Å². The number of hydrogen-bond donors (Lipinski definition) is 2. The van der Waals surface area contributed by atoms with Gasteiger partial charge in [-0.05, 0) is 25.5 Å². The van der Waals surface area contributed by atoms with E-state index in [0.29, 0.717) is 19.4 Å². The number of hydrogen-bond acceptors (Lipinski definition) is 5. The fourth-order valence-corrected chi connectivity index (χ4v) is 2.96. The molecule has 1 saturated heterocycles. The van der Waals surface area contributed by atoms with Crippen molar-refractivity contribution in [3.63, 3.8) is 0 Å². The van der Waals surface area contributed by atoms with E-state index in [-0.39, 0.29) is 28.8 Å². The van der Waals surface area contributed by atoms with Gasteiger partial charge in [0.1, 0.15) is 0 Å². The van der Waals surface area contributed by atoms with Gasteiger partial charge in [0.2, 0.25) is 11.8 Å². The van der Waals surface area contributed by atoms with Gasteiger partial charge in [0.05, 0.1) is 10.2 Å². The summed E-state index contributed by atoms with van der Waals surface area (Å²) in [6.45, 7) is 2.24. The van der Waals surface area contributed by atoms with E-state index in [9.17, 15) is 19.7 Å². The Morgan fingerprint density at radius 2 is 2.14 bits per heavy atom. The molecule has 1 aliphatic rings. The number of amides is 2. The zero-order chi connectivity index (χ0) is 16.1. The molecule has 2 N–H and O–H groups in total. The van der Waals surface area contributed by atoms with Crippen LogP contribution in [0.4, 0.5) is 5.69 Å². The summed E-state index contributed by atoms with van der Waals surface area (Å²) in [6.07, 6.45) is 1.07. The van der Waals surface area contributed by atoms with Gasteiger partial charge in [-0.25, -0.2) is 0 Å². The topological polar surface area (TPSA) is 101 Å². The number of benzene rings is 1. The van der Waals surface area contributed by atoms with E-state index in [4.69, 9.17) is 0 Å². The van der Waals surface area contributed by atoms with E-state index in [1.807, 2.05) is 0 Å². The molecule has 1 aromatic rings. The molecule has 1 heterocycles. The summed E-state index contributed by atoms with van der Waals surface area (Å²) in [4.78, 5) is 34.1. The van der Waals surface area contributed by atoms with Crippen molar-refractivity contribution in [3.05, 3.63) is 34.4 Å². The second-order valence-electron chi connectivity index (χ2n) is 5.06. The van der Waals surface area contributed by atoms with Gasteiger partial charge in [0.25, 0.3) is 5.69 Å². The molecular formula is C14H17N3O4S. The number of carbonyl (C=O) groups excluding carboxylic acids is 2. The number of thioether (sulfide) groups is 1. The molecule has 118 valence electrons. The molecule has 8 heteroatoms. The maximum absolute atomic E-state index is 12.1. The Balaban J connectivity index is 1.85. The Bertz CT molecular complexity index is 566. The molecule has 0 spiro atoms. The first-order valence-corrected chi connectivity index (χ1v) is 7.82. The predicted octanol–water partition coefficient (Wildman–Crippen LogP) is 1.47. The van der Waals surface area contributed by atoms with E-state index in [1.165, 1.54) is 23.9 Å². The molecule has 0 saturated carbocycles. The minimum absolute atomic E-state index is 0.0128. The van der Waals surface area contributed by atoms with Crippen LogP contribution in [0.25, 0.3) is 0 Å². The van der Waals surface area contributed by atoms with Crippen LogP contribution in [0.2, 0.25) is 0 Å². The smallest absolute Gasteiger partial charge is 0.269 e. The fraction of sp³-hybridized carbons (Fsp3) is 0.429. The quantitative estimate of drug-likeness (QED) is 0.485. The molecule has 22 heavy (non-hydrogen) atoms. The lowest BCUT2D eigenvalue weighted by Crippen LogP contribution is -2.49. The molecule has 0 aromatic heterocycles. The molecular weight excluding hydrogens is 306 g/mol. The fourth-order valence-electron chi connectivity index (χ4n) is 2.08. The number of nitro benzene ring substituents is 1. The number of nitrogens with zero attached hydrogens (tertiary/aromatic N) is 1. The minimum Gasteiger partial charge on any atom is -0.354 e. The normalized spacial score (nSPS) is 19.1. The molecule has 0 bridgehead atoms. The molecule has 1 aromatic carbocycles. The van der Waals surface area contributed by atoms with E-state index >= 15 is 0 Å². The third kappa shape index (κ3) is 4.45. The Morgan fingerprint density at radius 1 is 1.45 bits per heavy atom. The molecule has 0 aliphatic carbocycles. The Labute approximate surface area is 132 Å². The maximum atomic E-state index is 12.1. The van der Waals surface area contributed by atoms with E-state index in [0.717, 1.165) is 4.90 Å². The molecule has 2 atom stereocenters. The number of non-ortho nitro benzene ring substituents is 1. The maximum Gasteiger partial charge on any atom is 0.269 e. The van der Waals surface area contributed by atoms with Crippen LogP contribution in [0.3, 0.4) is 0 Å². The van der Waals surface area contributed by atoms with Gasteiger partial charge >= 0.3 is 0 Å². The van der Waals surface area contributed by atoms with Crippen LogP contribution >= 0.6 is 11.8 Å². The van der Waals surface area contributed by atoms with Gasteiger partial charge in [-0.15, -0.1) is 11.8 Å². The van der Waals surface area contributed by atoms with Crippen LogP contribution in [-0.4, -0.2) is 34.6 Å². The summed E-state index contributed by atoms with van der Waals surface area (Å²) >= 11 is 1.34. The van der Waals surface area contributed by atoms with Crippen molar-refractivity contribution in [2.45, 2.75) is 36.0 Å². The lowest BCUT2D eigenvalue weighted by atomic mass is 10.1. The van der Waals surface area contributed by atoms with Crippen molar-refractivity contribution in [3.8, 4) is 0 Å². The summed E-state index contributed by atoms with van der Waals surface area (Å²) in [7, 11) is 0. The Morgan fingerprint density at radius 3 is 2.68 bits per heavy atom. The summed E-state index contributed by atoms with van der Waals surface area (Å²) in [5, 5.41) is 15.9. The second kappa shape index (κ2) is 7.26. The summed E-state index contributed by atoms with van der Waals surface area (Å²) in [5.74, 6) is -0.0942. The minimum atomic E-state index is -0.456. The summed E-state index contributed by atoms with van der Waals surface area (Å²) in [6, 6.07) is 6.07.